The molecule has 0 unspecified atom stereocenters. The predicted molar refractivity (Wildman–Crippen MR) is 256 cm³/mol. The van der Waals surface area contributed by atoms with Gasteiger partial charge in [-0.25, -0.2) is 0 Å². The van der Waals surface area contributed by atoms with Crippen LogP contribution < -0.4 is 0 Å². The molecule has 6 atom stereocenters. The van der Waals surface area contributed by atoms with Crippen LogP contribution in [0.3, 0.4) is 0 Å². The average Bonchev–Trinajstić information content (AvgIpc) is 3.72. The Morgan fingerprint density at radius 1 is 0.619 bits per heavy atom. The number of allylic oxidation sites excluding steroid dienone is 6. The van der Waals surface area contributed by atoms with Gasteiger partial charge in [0.25, 0.3) is 0 Å². The topological polar surface area (TPSA) is 127 Å². The highest BCUT2D eigenvalue weighted by Crippen LogP contribution is 2.41. The highest BCUT2D eigenvalue weighted by atomic mass is 16.5. The maximum absolute atomic E-state index is 12.2. The Hall–Kier alpha value is -2.37. The van der Waals surface area contributed by atoms with Crippen molar-refractivity contribution in [1.29, 1.82) is 0 Å². The van der Waals surface area contributed by atoms with E-state index in [2.05, 4.69) is 45.1 Å². The molecular weight excluding hydrogens is 797 g/mol. The van der Waals surface area contributed by atoms with Gasteiger partial charge in [0, 0.05) is 45.2 Å². The summed E-state index contributed by atoms with van der Waals surface area (Å²) in [6.07, 6.45) is 33.0. The summed E-state index contributed by atoms with van der Waals surface area (Å²) in [5.74, 6) is 1.54. The zero-order valence-electron chi connectivity index (χ0n) is 41.2. The highest BCUT2D eigenvalue weighted by Gasteiger charge is 2.39. The van der Waals surface area contributed by atoms with E-state index in [4.69, 9.17) is 28.4 Å². The number of hydrogen-bond acceptors (Lipinski definition) is 10. The second-order valence-electron chi connectivity index (χ2n) is 18.3. The van der Waals surface area contributed by atoms with Crippen molar-refractivity contribution in [2.24, 2.45) is 29.6 Å². The lowest BCUT2D eigenvalue weighted by Gasteiger charge is -2.23. The van der Waals surface area contributed by atoms with E-state index in [9.17, 15) is 19.5 Å². The third-order valence-electron chi connectivity index (χ3n) is 11.9. The number of ether oxygens (including phenoxy) is 6. The van der Waals surface area contributed by atoms with Crippen LogP contribution >= 0.6 is 0 Å². The van der Waals surface area contributed by atoms with Gasteiger partial charge in [-0.15, -0.1) is 0 Å². The molecule has 1 fully saturated rings. The van der Waals surface area contributed by atoms with Crippen LogP contribution in [0.1, 0.15) is 183 Å². The smallest absolute Gasteiger partial charge is 0.306 e. The Kier molecular flexibility index (Phi) is 37.2. The fourth-order valence-corrected chi connectivity index (χ4v) is 8.35. The standard InChI is InChI=1S/C27H50O5.C26H44O5/c1-5-6-7-10-13-17-30-19-20-31-18-16-24-23(4)21-26(28)25(24)14-11-8-9-12-15-27(29)32-22(2)3;1-4-5-6-9-12-18-29-20-21-30-19-17-23-15-16-25(27)24(23)13-10-7-8-11-14-26(28)31-22(2)3/h8,11,22-26,28H,5-7,9-10,12-21H2,1-4H3;7,10,15-16,22-24H,4-6,8-9,11-14,17-21H2,1-3H3/b11-8-;10-7-/t23-,24+,25-,26+;23-,24-/m11/s1. The lowest BCUT2D eigenvalue weighted by Crippen LogP contribution is -2.21. The van der Waals surface area contributed by atoms with Crippen molar-refractivity contribution >= 4 is 17.7 Å². The first-order valence-corrected chi connectivity index (χ1v) is 25.4. The van der Waals surface area contributed by atoms with Gasteiger partial charge >= 0.3 is 11.9 Å². The summed E-state index contributed by atoms with van der Waals surface area (Å²) in [6.45, 7) is 19.8. The maximum atomic E-state index is 12.2. The van der Waals surface area contributed by atoms with E-state index in [0.717, 1.165) is 90.4 Å². The Morgan fingerprint density at radius 2 is 1.10 bits per heavy atom. The summed E-state index contributed by atoms with van der Waals surface area (Å²) in [6, 6.07) is 0. The molecule has 2 rings (SSSR count). The molecule has 0 bridgehead atoms. The van der Waals surface area contributed by atoms with E-state index < -0.39 is 0 Å². The molecule has 2 aliphatic rings. The number of aliphatic hydroxyl groups is 1. The van der Waals surface area contributed by atoms with Gasteiger partial charge < -0.3 is 33.5 Å². The van der Waals surface area contributed by atoms with E-state index >= 15 is 0 Å². The SMILES string of the molecule is CCCCCCCOCCOCC[C@@H]1[C@@H](C/C=C\CCCC(=O)OC(C)C)[C@@H](O)C[C@H]1C.CCCCCCCOCCOCC[C@H]1C=CC(=O)[C@@H]1C/C=C\CCCC(=O)OC(C)C. The molecule has 2 aliphatic carbocycles. The summed E-state index contributed by atoms with van der Waals surface area (Å²) in [5, 5.41) is 10.5. The Balaban J connectivity index is 0.000000630. The molecule has 0 amide bonds. The van der Waals surface area contributed by atoms with Crippen molar-refractivity contribution in [1.82, 2.24) is 0 Å². The highest BCUT2D eigenvalue weighted by molar-refractivity contribution is 5.94. The third-order valence-corrected chi connectivity index (χ3v) is 11.9. The second kappa shape index (κ2) is 39.9. The molecule has 63 heavy (non-hydrogen) atoms. The summed E-state index contributed by atoms with van der Waals surface area (Å²) in [4.78, 5) is 35.2. The zero-order valence-corrected chi connectivity index (χ0v) is 41.2. The normalized spacial score (nSPS) is 21.0. The molecular formula is C53H94O10. The van der Waals surface area contributed by atoms with Crippen LogP contribution in [0.15, 0.2) is 36.5 Å². The second-order valence-corrected chi connectivity index (χ2v) is 18.3. The maximum Gasteiger partial charge on any atom is 0.306 e. The van der Waals surface area contributed by atoms with Crippen LogP contribution in [-0.4, -0.2) is 94.0 Å². The van der Waals surface area contributed by atoms with Crippen molar-refractivity contribution in [3.05, 3.63) is 36.5 Å². The number of rotatable bonds is 38. The number of aliphatic hydroxyl groups excluding tert-OH is 1. The van der Waals surface area contributed by atoms with Gasteiger partial charge in [0.1, 0.15) is 0 Å². The van der Waals surface area contributed by atoms with Gasteiger partial charge in [-0.1, -0.05) is 103 Å². The van der Waals surface area contributed by atoms with Gasteiger partial charge in [0.15, 0.2) is 5.78 Å². The molecule has 0 aliphatic heterocycles. The predicted octanol–water partition coefficient (Wildman–Crippen LogP) is 11.9. The van der Waals surface area contributed by atoms with E-state index in [1.807, 2.05) is 33.8 Å². The fourth-order valence-electron chi connectivity index (χ4n) is 8.35. The minimum Gasteiger partial charge on any atom is -0.463 e. The zero-order chi connectivity index (χ0) is 46.3. The number of carbonyl (C=O) groups is 3. The Labute approximate surface area is 385 Å². The van der Waals surface area contributed by atoms with Crippen LogP contribution in [0.4, 0.5) is 0 Å². The lowest BCUT2D eigenvalue weighted by atomic mass is 9.85. The van der Waals surface area contributed by atoms with Crippen LogP contribution in [0, 0.1) is 29.6 Å². The van der Waals surface area contributed by atoms with Crippen molar-refractivity contribution in [3.8, 4) is 0 Å². The van der Waals surface area contributed by atoms with Crippen LogP contribution in [0.2, 0.25) is 0 Å². The van der Waals surface area contributed by atoms with Gasteiger partial charge in [0.2, 0.25) is 0 Å². The quantitative estimate of drug-likeness (QED) is 0.0364. The van der Waals surface area contributed by atoms with Crippen LogP contribution in [0.25, 0.3) is 0 Å². The molecule has 0 heterocycles. The van der Waals surface area contributed by atoms with Crippen molar-refractivity contribution < 1.29 is 47.9 Å². The number of hydrogen-bond donors (Lipinski definition) is 1. The van der Waals surface area contributed by atoms with E-state index in [1.165, 1.54) is 51.4 Å². The van der Waals surface area contributed by atoms with E-state index in [-0.39, 0.29) is 47.9 Å². The van der Waals surface area contributed by atoms with Gasteiger partial charge in [-0.2, -0.15) is 0 Å². The molecule has 0 aromatic heterocycles. The number of unbranched alkanes of at least 4 members (excludes halogenated alkanes) is 10. The molecule has 0 spiro atoms. The molecule has 10 nitrogen and oxygen atoms in total. The first kappa shape index (κ1) is 58.6. The number of ketones is 1. The molecule has 1 N–H and O–H groups in total. The fraction of sp³-hybridized carbons (Fsp3) is 0.830. The molecule has 0 aromatic rings. The summed E-state index contributed by atoms with van der Waals surface area (Å²) < 4.78 is 33.1. The van der Waals surface area contributed by atoms with Gasteiger partial charge in [-0.3, -0.25) is 14.4 Å². The number of carbonyl (C=O) groups excluding carboxylic acids is 3. The average molecular weight is 891 g/mol. The lowest BCUT2D eigenvalue weighted by molar-refractivity contribution is -0.148. The Morgan fingerprint density at radius 3 is 1.60 bits per heavy atom. The van der Waals surface area contributed by atoms with E-state index in [0.29, 0.717) is 63.6 Å². The van der Waals surface area contributed by atoms with Gasteiger partial charge in [-0.05, 0) is 128 Å². The summed E-state index contributed by atoms with van der Waals surface area (Å²) in [7, 11) is 0. The minimum atomic E-state index is -0.225. The molecule has 1 saturated carbocycles. The van der Waals surface area contributed by atoms with E-state index in [1.54, 1.807) is 6.08 Å². The molecule has 0 radical (unpaired) electrons. The Bertz CT molecular complexity index is 1210. The monoisotopic (exact) mass is 891 g/mol. The molecule has 0 aromatic carbocycles. The van der Waals surface area contributed by atoms with Crippen molar-refractivity contribution in [2.45, 2.75) is 202 Å². The summed E-state index contributed by atoms with van der Waals surface area (Å²) in [5.41, 5.74) is 0. The molecule has 0 saturated heterocycles. The largest absolute Gasteiger partial charge is 0.463 e. The minimum absolute atomic E-state index is 0.0186. The van der Waals surface area contributed by atoms with Gasteiger partial charge in [0.05, 0.1) is 44.7 Å². The third kappa shape index (κ3) is 32.0. The van der Waals surface area contributed by atoms with Crippen LogP contribution in [0.5, 0.6) is 0 Å². The molecule has 366 valence electrons. The first-order valence-electron chi connectivity index (χ1n) is 25.4. The van der Waals surface area contributed by atoms with Crippen LogP contribution in [-0.2, 0) is 42.8 Å². The van der Waals surface area contributed by atoms with Crippen molar-refractivity contribution in [3.63, 3.8) is 0 Å². The first-order chi connectivity index (χ1) is 30.5. The molecule has 10 heteroatoms. The summed E-state index contributed by atoms with van der Waals surface area (Å²) >= 11 is 0. The van der Waals surface area contributed by atoms with Crippen molar-refractivity contribution in [2.75, 3.05) is 52.9 Å². The number of esters is 2.